The molecule has 0 aliphatic carbocycles. The number of rotatable bonds is 5. The van der Waals surface area contributed by atoms with Crippen LogP contribution in [0.3, 0.4) is 0 Å². The molecule has 0 spiro atoms. The zero-order valence-electron chi connectivity index (χ0n) is 16.5. The predicted octanol–water partition coefficient (Wildman–Crippen LogP) is 4.50. The highest BCUT2D eigenvalue weighted by atomic mass is 35.5. The molecular formula is C23H25ClFN3O. The van der Waals surface area contributed by atoms with E-state index in [0.717, 1.165) is 43.1 Å². The van der Waals surface area contributed by atoms with Crippen LogP contribution in [0.5, 0.6) is 0 Å². The molecule has 4 nitrogen and oxygen atoms in total. The molecule has 152 valence electrons. The number of aryl methyl sites for hydroxylation is 1. The van der Waals surface area contributed by atoms with Crippen LogP contribution >= 0.6 is 11.6 Å². The molecule has 0 unspecified atom stereocenters. The molecule has 4 rings (SSSR count). The van der Waals surface area contributed by atoms with Gasteiger partial charge in [-0.2, -0.15) is 0 Å². The molecule has 1 amide bonds. The van der Waals surface area contributed by atoms with Crippen LogP contribution < -0.4 is 5.32 Å². The number of carbonyl (C=O) groups excluding carboxylic acids is 1. The molecule has 0 saturated carbocycles. The van der Waals surface area contributed by atoms with Crippen molar-refractivity contribution in [3.05, 3.63) is 70.6 Å². The van der Waals surface area contributed by atoms with Crippen LogP contribution in [0.4, 0.5) is 4.39 Å². The Hall–Kier alpha value is -2.37. The Labute approximate surface area is 175 Å². The van der Waals surface area contributed by atoms with Crippen LogP contribution in [0.15, 0.2) is 48.7 Å². The van der Waals surface area contributed by atoms with Crippen molar-refractivity contribution in [2.75, 3.05) is 13.1 Å². The lowest BCUT2D eigenvalue weighted by molar-refractivity contribution is -0.126. The van der Waals surface area contributed by atoms with Gasteiger partial charge in [0.05, 0.1) is 0 Å². The summed E-state index contributed by atoms with van der Waals surface area (Å²) >= 11 is 6.19. The highest BCUT2D eigenvalue weighted by molar-refractivity contribution is 6.31. The molecule has 3 aromatic rings. The van der Waals surface area contributed by atoms with E-state index in [1.54, 1.807) is 12.1 Å². The van der Waals surface area contributed by atoms with Gasteiger partial charge in [0, 0.05) is 48.2 Å². The van der Waals surface area contributed by atoms with E-state index in [1.807, 2.05) is 12.1 Å². The predicted molar refractivity (Wildman–Crippen MR) is 114 cm³/mol. The number of aromatic nitrogens is 1. The molecule has 6 heteroatoms. The maximum absolute atomic E-state index is 13.0. The number of likely N-dealkylation sites (tertiary alicyclic amines) is 1. The summed E-state index contributed by atoms with van der Waals surface area (Å²) in [5.41, 5.74) is 3.36. The molecule has 1 aromatic heterocycles. The van der Waals surface area contributed by atoms with Gasteiger partial charge in [0.1, 0.15) is 5.82 Å². The van der Waals surface area contributed by atoms with E-state index >= 15 is 0 Å². The Morgan fingerprint density at radius 3 is 2.62 bits per heavy atom. The smallest absolute Gasteiger partial charge is 0.223 e. The Morgan fingerprint density at radius 2 is 1.90 bits per heavy atom. The van der Waals surface area contributed by atoms with Gasteiger partial charge in [0.25, 0.3) is 0 Å². The molecule has 1 N–H and O–H groups in total. The zero-order chi connectivity index (χ0) is 20.4. The molecule has 0 atom stereocenters. The molecule has 1 aliphatic rings. The van der Waals surface area contributed by atoms with Crippen molar-refractivity contribution in [3.8, 4) is 0 Å². The van der Waals surface area contributed by atoms with Gasteiger partial charge in [-0.25, -0.2) is 4.39 Å². The molecule has 29 heavy (non-hydrogen) atoms. The van der Waals surface area contributed by atoms with Crippen LogP contribution in [-0.4, -0.2) is 28.5 Å². The van der Waals surface area contributed by atoms with Gasteiger partial charge in [-0.15, -0.1) is 0 Å². The summed E-state index contributed by atoms with van der Waals surface area (Å²) in [5, 5.41) is 4.93. The average Bonchev–Trinajstić information content (AvgIpc) is 3.02. The van der Waals surface area contributed by atoms with E-state index in [1.165, 1.54) is 28.6 Å². The molecule has 1 fully saturated rings. The number of carbonyl (C=O) groups is 1. The minimum absolute atomic E-state index is 0.0358. The third-order valence-electron chi connectivity index (χ3n) is 5.77. The van der Waals surface area contributed by atoms with E-state index < -0.39 is 0 Å². The minimum atomic E-state index is -0.263. The quantitative estimate of drug-likeness (QED) is 0.668. The maximum atomic E-state index is 13.0. The number of nitrogens with zero attached hydrogens (tertiary/aromatic N) is 2. The second kappa shape index (κ2) is 8.56. The number of hydrogen-bond acceptors (Lipinski definition) is 2. The number of hydrogen-bond donors (Lipinski definition) is 1. The first-order valence-corrected chi connectivity index (χ1v) is 10.4. The molecule has 1 saturated heterocycles. The van der Waals surface area contributed by atoms with E-state index in [2.05, 4.69) is 34.1 Å². The fraction of sp³-hybridized carbons (Fsp3) is 0.348. The fourth-order valence-corrected chi connectivity index (χ4v) is 4.27. The summed E-state index contributed by atoms with van der Waals surface area (Å²) in [6.45, 7) is 3.09. The van der Waals surface area contributed by atoms with Crippen molar-refractivity contribution in [3.63, 3.8) is 0 Å². The topological polar surface area (TPSA) is 37.3 Å². The standard InChI is InChI=1S/C23H25ClFN3O/c1-27-14-18(21-12-19(24)4-7-22(21)27)15-28-10-8-17(9-11-28)23(29)26-13-16-2-5-20(25)6-3-16/h2-7,12,14,17H,8-11,13,15H2,1H3,(H,26,29). The number of piperidine rings is 1. The molecule has 2 aromatic carbocycles. The first-order valence-electron chi connectivity index (χ1n) is 9.97. The summed E-state index contributed by atoms with van der Waals surface area (Å²) in [5.74, 6) is -0.138. The second-order valence-electron chi connectivity index (χ2n) is 7.82. The highest BCUT2D eigenvalue weighted by Crippen LogP contribution is 2.27. The maximum Gasteiger partial charge on any atom is 0.223 e. The van der Waals surface area contributed by atoms with E-state index in [-0.39, 0.29) is 17.6 Å². The van der Waals surface area contributed by atoms with Crippen molar-refractivity contribution >= 4 is 28.4 Å². The summed E-state index contributed by atoms with van der Waals surface area (Å²) in [6.07, 6.45) is 3.87. The van der Waals surface area contributed by atoms with Crippen LogP contribution in [0.2, 0.25) is 5.02 Å². The zero-order valence-corrected chi connectivity index (χ0v) is 17.3. The lowest BCUT2D eigenvalue weighted by Crippen LogP contribution is -2.40. The molecular weight excluding hydrogens is 389 g/mol. The van der Waals surface area contributed by atoms with E-state index in [4.69, 9.17) is 11.6 Å². The largest absolute Gasteiger partial charge is 0.352 e. The molecule has 0 radical (unpaired) electrons. The SMILES string of the molecule is Cn1cc(CN2CCC(C(=O)NCc3ccc(F)cc3)CC2)c2cc(Cl)ccc21. The number of amides is 1. The Bertz CT molecular complexity index is 1010. The van der Waals surface area contributed by atoms with Gasteiger partial charge in [0.2, 0.25) is 5.91 Å². The van der Waals surface area contributed by atoms with Crippen molar-refractivity contribution in [1.29, 1.82) is 0 Å². The Kier molecular flexibility index (Phi) is 5.88. The van der Waals surface area contributed by atoms with Crippen molar-refractivity contribution in [2.45, 2.75) is 25.9 Å². The van der Waals surface area contributed by atoms with Gasteiger partial charge in [-0.1, -0.05) is 23.7 Å². The minimum Gasteiger partial charge on any atom is -0.352 e. The van der Waals surface area contributed by atoms with Crippen LogP contribution in [0.1, 0.15) is 24.0 Å². The normalized spacial score (nSPS) is 15.7. The van der Waals surface area contributed by atoms with Gasteiger partial charge in [0.15, 0.2) is 0 Å². The third-order valence-corrected chi connectivity index (χ3v) is 6.00. The van der Waals surface area contributed by atoms with Crippen LogP contribution in [0.25, 0.3) is 10.9 Å². The third kappa shape index (κ3) is 4.62. The molecule has 0 bridgehead atoms. The lowest BCUT2D eigenvalue weighted by atomic mass is 9.95. The Balaban J connectivity index is 1.31. The van der Waals surface area contributed by atoms with Crippen molar-refractivity contribution in [1.82, 2.24) is 14.8 Å². The number of benzene rings is 2. The van der Waals surface area contributed by atoms with E-state index in [9.17, 15) is 9.18 Å². The average molecular weight is 414 g/mol. The molecule has 1 aliphatic heterocycles. The van der Waals surface area contributed by atoms with Crippen LogP contribution in [-0.2, 0) is 24.9 Å². The summed E-state index contributed by atoms with van der Waals surface area (Å²) in [7, 11) is 2.05. The monoisotopic (exact) mass is 413 g/mol. The van der Waals surface area contributed by atoms with Crippen LogP contribution in [0, 0.1) is 11.7 Å². The van der Waals surface area contributed by atoms with Gasteiger partial charge >= 0.3 is 0 Å². The summed E-state index contributed by atoms with van der Waals surface area (Å²) < 4.78 is 15.1. The van der Waals surface area contributed by atoms with Crippen molar-refractivity contribution in [2.24, 2.45) is 13.0 Å². The summed E-state index contributed by atoms with van der Waals surface area (Å²) in [4.78, 5) is 14.9. The number of halogens is 2. The fourth-order valence-electron chi connectivity index (χ4n) is 4.10. The number of nitrogens with one attached hydrogen (secondary N) is 1. The van der Waals surface area contributed by atoms with E-state index in [0.29, 0.717) is 6.54 Å². The van der Waals surface area contributed by atoms with Gasteiger partial charge in [-0.05, 0) is 67.4 Å². The first-order chi connectivity index (χ1) is 14.0. The van der Waals surface area contributed by atoms with Crippen molar-refractivity contribution < 1.29 is 9.18 Å². The lowest BCUT2D eigenvalue weighted by Gasteiger charge is -2.31. The van der Waals surface area contributed by atoms with Gasteiger partial charge in [-0.3, -0.25) is 9.69 Å². The van der Waals surface area contributed by atoms with Gasteiger partial charge < -0.3 is 9.88 Å². The molecule has 2 heterocycles. The first kappa shape index (κ1) is 19.9. The number of fused-ring (bicyclic) bond motifs is 1. The highest BCUT2D eigenvalue weighted by Gasteiger charge is 2.25. The second-order valence-corrected chi connectivity index (χ2v) is 8.26. The summed E-state index contributed by atoms with van der Waals surface area (Å²) in [6, 6.07) is 12.2. The Morgan fingerprint density at radius 1 is 1.17 bits per heavy atom.